The van der Waals surface area contributed by atoms with Gasteiger partial charge in [-0.3, -0.25) is 5.32 Å². The van der Waals surface area contributed by atoms with Crippen molar-refractivity contribution in [3.05, 3.63) is 29.3 Å². The molecule has 0 heterocycles. The lowest BCUT2D eigenvalue weighted by atomic mass is 10.1. The lowest BCUT2D eigenvalue weighted by molar-refractivity contribution is 0.402. The van der Waals surface area contributed by atoms with Crippen molar-refractivity contribution < 1.29 is 4.74 Å². The van der Waals surface area contributed by atoms with Gasteiger partial charge in [0.05, 0.1) is 12.6 Å². The van der Waals surface area contributed by atoms with E-state index in [0.29, 0.717) is 6.54 Å². The number of ether oxygens (including phenoxy) is 1. The van der Waals surface area contributed by atoms with Crippen LogP contribution in [0, 0.1) is 19.3 Å². The van der Waals surface area contributed by atoms with Gasteiger partial charge in [-0.25, -0.2) is 0 Å². The Balaban J connectivity index is 2.81. The Morgan fingerprint density at radius 1 is 1.44 bits per heavy atom. The Labute approximate surface area is 98.0 Å². The molecule has 16 heavy (non-hydrogen) atoms. The zero-order valence-electron chi connectivity index (χ0n) is 10.4. The Morgan fingerprint density at radius 2 is 2.12 bits per heavy atom. The van der Waals surface area contributed by atoms with Crippen molar-refractivity contribution in [2.24, 2.45) is 0 Å². The summed E-state index contributed by atoms with van der Waals surface area (Å²) in [5.74, 6) is 3.61. The van der Waals surface area contributed by atoms with Gasteiger partial charge in [0.25, 0.3) is 0 Å². The minimum Gasteiger partial charge on any atom is -0.496 e. The van der Waals surface area contributed by atoms with Gasteiger partial charge in [0, 0.05) is 12.1 Å². The molecule has 0 aromatic heterocycles. The molecule has 0 radical (unpaired) electrons. The summed E-state index contributed by atoms with van der Waals surface area (Å²) < 4.78 is 5.31. The molecule has 0 aliphatic rings. The summed E-state index contributed by atoms with van der Waals surface area (Å²) in [6, 6.07) is 6.13. The van der Waals surface area contributed by atoms with Gasteiger partial charge in [-0.1, -0.05) is 23.6 Å². The van der Waals surface area contributed by atoms with Crippen molar-refractivity contribution in [2.75, 3.05) is 7.11 Å². The number of nitrogens with one attached hydrogen (secondary N) is 1. The van der Waals surface area contributed by atoms with Crippen LogP contribution in [-0.4, -0.2) is 12.6 Å². The molecule has 0 aliphatic carbocycles. The molecule has 1 aromatic carbocycles. The average molecular weight is 217 g/mol. The second kappa shape index (κ2) is 5.05. The Morgan fingerprint density at radius 3 is 2.69 bits per heavy atom. The number of rotatable bonds is 4. The van der Waals surface area contributed by atoms with Crippen LogP contribution in [0.25, 0.3) is 0 Å². The van der Waals surface area contributed by atoms with E-state index in [1.165, 1.54) is 5.56 Å². The van der Waals surface area contributed by atoms with Gasteiger partial charge in [-0.05, 0) is 26.8 Å². The van der Waals surface area contributed by atoms with Crippen molar-refractivity contribution >= 4 is 0 Å². The van der Waals surface area contributed by atoms with Gasteiger partial charge in [0.2, 0.25) is 0 Å². The second-order valence-electron chi connectivity index (χ2n) is 4.44. The highest BCUT2D eigenvalue weighted by Gasteiger charge is 2.13. The second-order valence-corrected chi connectivity index (χ2v) is 4.44. The van der Waals surface area contributed by atoms with Gasteiger partial charge in [-0.2, -0.15) is 0 Å². The molecule has 0 aliphatic heterocycles. The van der Waals surface area contributed by atoms with E-state index >= 15 is 0 Å². The van der Waals surface area contributed by atoms with Crippen LogP contribution in [0.1, 0.15) is 25.0 Å². The number of aryl methyl sites for hydroxylation is 1. The lowest BCUT2D eigenvalue weighted by Gasteiger charge is -2.20. The summed E-state index contributed by atoms with van der Waals surface area (Å²) >= 11 is 0. The van der Waals surface area contributed by atoms with Crippen molar-refractivity contribution in [2.45, 2.75) is 32.9 Å². The van der Waals surface area contributed by atoms with Crippen molar-refractivity contribution in [1.82, 2.24) is 5.32 Å². The molecule has 0 saturated heterocycles. The normalized spacial score (nSPS) is 10.9. The maximum atomic E-state index is 5.43. The predicted molar refractivity (Wildman–Crippen MR) is 67.5 cm³/mol. The van der Waals surface area contributed by atoms with Crippen molar-refractivity contribution in [1.29, 1.82) is 0 Å². The Bertz CT molecular complexity index is 402. The summed E-state index contributed by atoms with van der Waals surface area (Å²) in [5, 5.41) is 3.31. The fourth-order valence-electron chi connectivity index (χ4n) is 1.41. The van der Waals surface area contributed by atoms with Crippen molar-refractivity contribution in [3.63, 3.8) is 0 Å². The first-order valence-corrected chi connectivity index (χ1v) is 5.35. The zero-order valence-corrected chi connectivity index (χ0v) is 10.4. The summed E-state index contributed by atoms with van der Waals surface area (Å²) in [4.78, 5) is 0. The van der Waals surface area contributed by atoms with Crippen LogP contribution in [0.3, 0.4) is 0 Å². The molecular formula is C14H19NO. The highest BCUT2D eigenvalue weighted by atomic mass is 16.5. The molecule has 1 N–H and O–H groups in total. The van der Waals surface area contributed by atoms with Gasteiger partial charge in [-0.15, -0.1) is 6.42 Å². The molecule has 1 aromatic rings. The molecule has 0 amide bonds. The summed E-state index contributed by atoms with van der Waals surface area (Å²) in [5.41, 5.74) is 2.05. The Hall–Kier alpha value is -1.46. The fraction of sp³-hybridized carbons (Fsp3) is 0.429. The topological polar surface area (TPSA) is 21.3 Å². The smallest absolute Gasteiger partial charge is 0.123 e. The van der Waals surface area contributed by atoms with E-state index < -0.39 is 0 Å². The maximum absolute atomic E-state index is 5.43. The van der Waals surface area contributed by atoms with Crippen LogP contribution in [0.4, 0.5) is 0 Å². The van der Waals surface area contributed by atoms with E-state index in [2.05, 4.69) is 24.2 Å². The first-order chi connectivity index (χ1) is 7.48. The standard InChI is InChI=1S/C14H19NO/c1-6-14(3,4)15-10-12-9-11(2)7-8-13(12)16-5/h1,7-9,15H,10H2,2-5H3. The van der Waals surface area contributed by atoms with E-state index in [-0.39, 0.29) is 5.54 Å². The molecule has 0 atom stereocenters. The molecule has 86 valence electrons. The van der Waals surface area contributed by atoms with Crippen molar-refractivity contribution in [3.8, 4) is 18.1 Å². The zero-order chi connectivity index (χ0) is 12.2. The molecule has 0 fully saturated rings. The number of hydrogen-bond donors (Lipinski definition) is 1. The highest BCUT2D eigenvalue weighted by Crippen LogP contribution is 2.20. The van der Waals surface area contributed by atoms with Crippen LogP contribution in [0.5, 0.6) is 5.75 Å². The first kappa shape index (κ1) is 12.6. The lowest BCUT2D eigenvalue weighted by Crippen LogP contribution is -2.37. The third kappa shape index (κ3) is 3.29. The third-order valence-corrected chi connectivity index (χ3v) is 2.52. The van der Waals surface area contributed by atoms with Gasteiger partial charge >= 0.3 is 0 Å². The van der Waals surface area contributed by atoms with Crippen LogP contribution < -0.4 is 10.1 Å². The largest absolute Gasteiger partial charge is 0.496 e. The minimum atomic E-state index is -0.297. The number of hydrogen-bond acceptors (Lipinski definition) is 2. The number of terminal acetylenes is 1. The van der Waals surface area contributed by atoms with Gasteiger partial charge in [0.15, 0.2) is 0 Å². The minimum absolute atomic E-state index is 0.297. The Kier molecular flexibility index (Phi) is 3.98. The quantitative estimate of drug-likeness (QED) is 0.782. The average Bonchev–Trinajstić information content (AvgIpc) is 2.27. The SMILES string of the molecule is C#CC(C)(C)NCc1cc(C)ccc1OC. The summed E-state index contributed by atoms with van der Waals surface area (Å²) in [6.45, 7) is 6.74. The van der Waals surface area contributed by atoms with E-state index in [9.17, 15) is 0 Å². The van der Waals surface area contributed by atoms with Crippen LogP contribution in [0.15, 0.2) is 18.2 Å². The number of benzene rings is 1. The molecule has 0 spiro atoms. The van der Waals surface area contributed by atoms with E-state index in [0.717, 1.165) is 11.3 Å². The maximum Gasteiger partial charge on any atom is 0.123 e. The van der Waals surface area contributed by atoms with E-state index in [1.807, 2.05) is 26.0 Å². The van der Waals surface area contributed by atoms with E-state index in [1.54, 1.807) is 7.11 Å². The molecule has 2 heteroatoms. The highest BCUT2D eigenvalue weighted by molar-refractivity contribution is 5.37. The molecule has 1 rings (SSSR count). The van der Waals surface area contributed by atoms with Crippen LogP contribution in [-0.2, 0) is 6.54 Å². The molecule has 0 bridgehead atoms. The fourth-order valence-corrected chi connectivity index (χ4v) is 1.41. The van der Waals surface area contributed by atoms with Gasteiger partial charge in [0.1, 0.15) is 5.75 Å². The predicted octanol–water partition coefficient (Wildman–Crippen LogP) is 2.51. The van der Waals surface area contributed by atoms with Crippen LogP contribution in [0.2, 0.25) is 0 Å². The third-order valence-electron chi connectivity index (χ3n) is 2.52. The summed E-state index contributed by atoms with van der Waals surface area (Å²) in [7, 11) is 1.68. The molecule has 0 unspecified atom stereocenters. The van der Waals surface area contributed by atoms with E-state index in [4.69, 9.17) is 11.2 Å². The van der Waals surface area contributed by atoms with Crippen LogP contribution >= 0.6 is 0 Å². The molecular weight excluding hydrogens is 198 g/mol. The number of methoxy groups -OCH3 is 1. The molecule has 0 saturated carbocycles. The van der Waals surface area contributed by atoms with Gasteiger partial charge < -0.3 is 4.74 Å². The monoisotopic (exact) mass is 217 g/mol. The molecule has 2 nitrogen and oxygen atoms in total. The summed E-state index contributed by atoms with van der Waals surface area (Å²) in [6.07, 6.45) is 5.43. The first-order valence-electron chi connectivity index (χ1n) is 5.35.